The lowest BCUT2D eigenvalue weighted by Crippen LogP contribution is -2.38. The molecule has 0 amide bonds. The Labute approximate surface area is 190 Å². The fraction of sp³-hybridized carbons (Fsp3) is 0.480. The maximum Gasteiger partial charge on any atom is 0.338 e. The molecule has 174 valence electrons. The fourth-order valence-electron chi connectivity index (χ4n) is 3.90. The Morgan fingerprint density at radius 3 is 2.53 bits per heavy atom. The number of nitrogens with one attached hydrogen (secondary N) is 1. The van der Waals surface area contributed by atoms with E-state index in [0.717, 1.165) is 25.4 Å². The van der Waals surface area contributed by atoms with Gasteiger partial charge in [-0.1, -0.05) is 18.2 Å². The Balaban J connectivity index is 1.49. The van der Waals surface area contributed by atoms with Crippen molar-refractivity contribution in [2.75, 3.05) is 46.5 Å². The number of esters is 1. The molecule has 1 aliphatic heterocycles. The molecular weight excluding hydrogens is 408 g/mol. The summed E-state index contributed by atoms with van der Waals surface area (Å²) in [5.41, 5.74) is 1.67. The van der Waals surface area contributed by atoms with Crippen molar-refractivity contribution in [1.82, 2.24) is 10.2 Å². The number of carbonyl (C=O) groups excluding carboxylic acids is 1. The Morgan fingerprint density at radius 1 is 1.09 bits per heavy atom. The maximum atomic E-state index is 11.9. The van der Waals surface area contributed by atoms with Crippen LogP contribution in [-0.4, -0.2) is 68.6 Å². The molecule has 1 aliphatic rings. The zero-order valence-electron chi connectivity index (χ0n) is 19.0. The van der Waals surface area contributed by atoms with E-state index in [1.807, 2.05) is 12.1 Å². The molecule has 2 N–H and O–H groups in total. The van der Waals surface area contributed by atoms with E-state index in [0.29, 0.717) is 24.5 Å². The van der Waals surface area contributed by atoms with E-state index >= 15 is 0 Å². The van der Waals surface area contributed by atoms with E-state index in [2.05, 4.69) is 22.3 Å². The van der Waals surface area contributed by atoms with Gasteiger partial charge in [0.2, 0.25) is 0 Å². The minimum Gasteiger partial charge on any atom is -0.497 e. The summed E-state index contributed by atoms with van der Waals surface area (Å²) in [6.07, 6.45) is 1.76. The van der Waals surface area contributed by atoms with Crippen molar-refractivity contribution in [2.24, 2.45) is 0 Å². The molecule has 0 saturated carbocycles. The number of hydrogen-bond donors (Lipinski definition) is 2. The third-order valence-electron chi connectivity index (χ3n) is 5.59. The first-order valence-electron chi connectivity index (χ1n) is 11.3. The highest BCUT2D eigenvalue weighted by Crippen LogP contribution is 2.26. The van der Waals surface area contributed by atoms with Crippen LogP contribution in [0.1, 0.15) is 41.7 Å². The molecule has 32 heavy (non-hydrogen) atoms. The number of hydrogen-bond acceptors (Lipinski definition) is 7. The Bertz CT molecular complexity index is 836. The Hall–Kier alpha value is -2.61. The molecule has 2 atom stereocenters. The van der Waals surface area contributed by atoms with Gasteiger partial charge in [0.1, 0.15) is 24.2 Å². The number of carbonyl (C=O) groups is 1. The highest BCUT2D eigenvalue weighted by molar-refractivity contribution is 5.89. The minimum absolute atomic E-state index is 0.135. The van der Waals surface area contributed by atoms with Crippen molar-refractivity contribution in [2.45, 2.75) is 31.9 Å². The molecule has 2 aromatic carbocycles. The van der Waals surface area contributed by atoms with E-state index in [9.17, 15) is 9.90 Å². The number of aliphatic hydroxyl groups excluding tert-OH is 1. The Kier molecular flexibility index (Phi) is 9.34. The van der Waals surface area contributed by atoms with Gasteiger partial charge in [-0.2, -0.15) is 0 Å². The maximum absolute atomic E-state index is 11.9. The number of likely N-dealkylation sites (tertiary alicyclic amines) is 1. The van der Waals surface area contributed by atoms with E-state index in [-0.39, 0.29) is 18.6 Å². The van der Waals surface area contributed by atoms with Crippen molar-refractivity contribution in [3.63, 3.8) is 0 Å². The lowest BCUT2D eigenvalue weighted by atomic mass is 10.1. The quantitative estimate of drug-likeness (QED) is 0.489. The van der Waals surface area contributed by atoms with Crippen LogP contribution in [0.3, 0.4) is 0 Å². The number of rotatable bonds is 12. The van der Waals surface area contributed by atoms with Crippen LogP contribution in [0.2, 0.25) is 0 Å². The highest BCUT2D eigenvalue weighted by Gasteiger charge is 2.23. The van der Waals surface area contributed by atoms with Gasteiger partial charge in [-0.05, 0) is 68.8 Å². The summed E-state index contributed by atoms with van der Waals surface area (Å²) in [6.45, 7) is 5.55. The summed E-state index contributed by atoms with van der Waals surface area (Å²) in [7, 11) is 1.67. The zero-order chi connectivity index (χ0) is 22.8. The van der Waals surface area contributed by atoms with Crippen LogP contribution in [0.5, 0.6) is 11.5 Å². The van der Waals surface area contributed by atoms with Crippen molar-refractivity contribution >= 4 is 5.97 Å². The Morgan fingerprint density at radius 2 is 1.84 bits per heavy atom. The molecule has 0 radical (unpaired) electrons. The molecule has 1 fully saturated rings. The summed E-state index contributed by atoms with van der Waals surface area (Å²) in [5, 5.41) is 13.8. The molecule has 3 rings (SSSR count). The lowest BCUT2D eigenvalue weighted by molar-refractivity contribution is 0.0525. The molecule has 7 heteroatoms. The van der Waals surface area contributed by atoms with Gasteiger partial charge in [0.15, 0.2) is 0 Å². The molecule has 1 heterocycles. The van der Waals surface area contributed by atoms with Gasteiger partial charge in [-0.3, -0.25) is 4.90 Å². The second-order valence-corrected chi connectivity index (χ2v) is 7.90. The molecule has 7 nitrogen and oxygen atoms in total. The highest BCUT2D eigenvalue weighted by atomic mass is 16.5. The van der Waals surface area contributed by atoms with Gasteiger partial charge in [0.05, 0.1) is 19.3 Å². The predicted octanol–water partition coefficient (Wildman–Crippen LogP) is 3.04. The van der Waals surface area contributed by atoms with Crippen molar-refractivity contribution in [1.29, 1.82) is 0 Å². The number of aliphatic hydroxyl groups is 1. The second kappa shape index (κ2) is 12.4. The molecule has 0 aromatic heterocycles. The molecule has 0 aliphatic carbocycles. The molecule has 0 bridgehead atoms. The summed E-state index contributed by atoms with van der Waals surface area (Å²) in [5.74, 6) is 0.996. The van der Waals surface area contributed by atoms with Crippen LogP contribution in [-0.2, 0) is 4.74 Å². The number of ether oxygens (including phenoxy) is 3. The second-order valence-electron chi connectivity index (χ2n) is 7.90. The summed E-state index contributed by atoms with van der Waals surface area (Å²) in [6, 6.07) is 15.3. The molecule has 2 unspecified atom stereocenters. The summed E-state index contributed by atoms with van der Waals surface area (Å²) < 4.78 is 16.0. The SMILES string of the molecule is CCOC(=O)c1cccc(OCC(O)CNCC(c2ccc(OC)cc2)N2CCCC2)c1. The van der Waals surface area contributed by atoms with Crippen LogP contribution in [0.25, 0.3) is 0 Å². The van der Waals surface area contributed by atoms with Crippen LogP contribution in [0.4, 0.5) is 0 Å². The standard InChI is InChI=1S/C25H34N2O5/c1-3-31-25(29)20-7-6-8-23(15-20)32-18-21(28)16-26-17-24(27-13-4-5-14-27)19-9-11-22(30-2)12-10-19/h6-12,15,21,24,26,28H,3-5,13-14,16-18H2,1-2H3. The molecule has 0 spiro atoms. The van der Waals surface area contributed by atoms with Crippen LogP contribution < -0.4 is 14.8 Å². The van der Waals surface area contributed by atoms with E-state index in [1.165, 1.54) is 18.4 Å². The van der Waals surface area contributed by atoms with Gasteiger partial charge in [-0.25, -0.2) is 4.79 Å². The van der Waals surface area contributed by atoms with Crippen molar-refractivity contribution in [3.8, 4) is 11.5 Å². The van der Waals surface area contributed by atoms with E-state index in [1.54, 1.807) is 38.3 Å². The molecule has 1 saturated heterocycles. The molecular formula is C25H34N2O5. The predicted molar refractivity (Wildman–Crippen MR) is 123 cm³/mol. The van der Waals surface area contributed by atoms with Gasteiger partial charge in [0.25, 0.3) is 0 Å². The zero-order valence-corrected chi connectivity index (χ0v) is 19.0. The van der Waals surface area contributed by atoms with Gasteiger partial charge in [0, 0.05) is 19.1 Å². The lowest BCUT2D eigenvalue weighted by Gasteiger charge is -2.29. The minimum atomic E-state index is -0.670. The first-order chi connectivity index (χ1) is 15.6. The van der Waals surface area contributed by atoms with Gasteiger partial charge < -0.3 is 24.6 Å². The largest absolute Gasteiger partial charge is 0.497 e. The van der Waals surface area contributed by atoms with Gasteiger partial charge in [-0.15, -0.1) is 0 Å². The van der Waals surface area contributed by atoms with E-state index < -0.39 is 6.10 Å². The monoisotopic (exact) mass is 442 g/mol. The van der Waals surface area contributed by atoms with Crippen LogP contribution in [0.15, 0.2) is 48.5 Å². The van der Waals surface area contributed by atoms with Gasteiger partial charge >= 0.3 is 5.97 Å². The van der Waals surface area contributed by atoms with Crippen molar-refractivity contribution < 1.29 is 24.1 Å². The summed E-state index contributed by atoms with van der Waals surface area (Å²) in [4.78, 5) is 14.3. The van der Waals surface area contributed by atoms with Crippen LogP contribution >= 0.6 is 0 Å². The van der Waals surface area contributed by atoms with Crippen LogP contribution in [0, 0.1) is 0 Å². The third kappa shape index (κ3) is 6.95. The average Bonchev–Trinajstić information content (AvgIpc) is 3.35. The topological polar surface area (TPSA) is 80.3 Å². The number of nitrogens with zero attached hydrogens (tertiary/aromatic N) is 1. The first kappa shape index (κ1) is 24.0. The third-order valence-corrected chi connectivity index (χ3v) is 5.59. The first-order valence-corrected chi connectivity index (χ1v) is 11.3. The average molecular weight is 443 g/mol. The normalized spacial score (nSPS) is 15.8. The van der Waals surface area contributed by atoms with E-state index in [4.69, 9.17) is 14.2 Å². The summed E-state index contributed by atoms with van der Waals surface area (Å²) >= 11 is 0. The molecule has 2 aromatic rings. The number of benzene rings is 2. The fourth-order valence-corrected chi connectivity index (χ4v) is 3.90. The smallest absolute Gasteiger partial charge is 0.338 e. The number of methoxy groups -OCH3 is 1. The van der Waals surface area contributed by atoms with Crippen molar-refractivity contribution in [3.05, 3.63) is 59.7 Å².